The fraction of sp³-hybridized carbons (Fsp3) is 0.158. The molecule has 0 spiro atoms. The molecule has 0 atom stereocenters. The number of ether oxygens (including phenoxy) is 1. The van der Waals surface area contributed by atoms with Crippen LogP contribution in [0.1, 0.15) is 27.8 Å². The molecule has 0 saturated carbocycles. The van der Waals surface area contributed by atoms with Crippen LogP contribution in [0.3, 0.4) is 0 Å². The third kappa shape index (κ3) is 3.60. The summed E-state index contributed by atoms with van der Waals surface area (Å²) in [6, 6.07) is 7.55. The van der Waals surface area contributed by atoms with E-state index in [4.69, 9.17) is 4.74 Å². The second-order valence-electron chi connectivity index (χ2n) is 6.20. The van der Waals surface area contributed by atoms with E-state index >= 15 is 0 Å². The molecule has 4 aromatic rings. The first-order valence-corrected chi connectivity index (χ1v) is 8.96. The number of hydrogen-bond donors (Lipinski definition) is 1. The zero-order chi connectivity index (χ0) is 21.3. The Bertz CT molecular complexity index is 1260. The third-order valence-corrected chi connectivity index (χ3v) is 4.19. The van der Waals surface area contributed by atoms with Crippen molar-refractivity contribution >= 4 is 23.2 Å². The van der Waals surface area contributed by atoms with Crippen molar-refractivity contribution in [2.24, 2.45) is 7.05 Å². The number of pyridine rings is 2. The number of hydrogen-bond acceptors (Lipinski definition) is 7. The van der Waals surface area contributed by atoms with Crippen LogP contribution in [0.4, 0.5) is 10.1 Å². The van der Waals surface area contributed by atoms with Gasteiger partial charge < -0.3 is 10.1 Å². The maximum Gasteiger partial charge on any atom is 0.342 e. The van der Waals surface area contributed by atoms with Crippen molar-refractivity contribution in [1.29, 1.82) is 0 Å². The molecule has 0 radical (unpaired) electrons. The van der Waals surface area contributed by atoms with Gasteiger partial charge in [0.25, 0.3) is 5.91 Å². The van der Waals surface area contributed by atoms with Crippen molar-refractivity contribution in [2.75, 3.05) is 11.9 Å². The van der Waals surface area contributed by atoms with E-state index in [1.807, 2.05) is 0 Å². The summed E-state index contributed by atoms with van der Waals surface area (Å²) >= 11 is 0. The standard InChI is InChI=1S/C19H16FN7O3/c1-3-30-19(29)12-10-21-26(2)16(12)18(28)22-11-7-8-27-15(9-11)24-17(25-27)13-5-4-6-14(20)23-13/h4-10H,3H2,1-2H3,(H,22,28). The lowest BCUT2D eigenvalue weighted by atomic mass is 10.2. The van der Waals surface area contributed by atoms with Gasteiger partial charge in [-0.15, -0.1) is 5.10 Å². The quantitative estimate of drug-likeness (QED) is 0.396. The van der Waals surface area contributed by atoms with E-state index in [0.717, 1.165) is 0 Å². The predicted molar refractivity (Wildman–Crippen MR) is 103 cm³/mol. The van der Waals surface area contributed by atoms with Gasteiger partial charge in [-0.3, -0.25) is 9.48 Å². The summed E-state index contributed by atoms with van der Waals surface area (Å²) in [6.45, 7) is 1.86. The Kier molecular flexibility index (Phi) is 4.92. The molecule has 11 heteroatoms. The first-order valence-electron chi connectivity index (χ1n) is 8.96. The SMILES string of the molecule is CCOC(=O)c1cnn(C)c1C(=O)Nc1ccn2nc(-c3cccc(F)n3)nc2c1. The molecular weight excluding hydrogens is 393 g/mol. The fourth-order valence-electron chi connectivity index (χ4n) is 2.86. The number of halogens is 1. The highest BCUT2D eigenvalue weighted by Gasteiger charge is 2.23. The average molecular weight is 409 g/mol. The van der Waals surface area contributed by atoms with Gasteiger partial charge in [-0.05, 0) is 25.1 Å². The molecule has 30 heavy (non-hydrogen) atoms. The number of anilines is 1. The van der Waals surface area contributed by atoms with Crippen LogP contribution < -0.4 is 5.32 Å². The average Bonchev–Trinajstić information content (AvgIpc) is 3.31. The Hall–Kier alpha value is -4.15. The topological polar surface area (TPSA) is 116 Å². The summed E-state index contributed by atoms with van der Waals surface area (Å²) in [5, 5.41) is 10.9. The number of carbonyl (C=O) groups excluding carboxylic acids is 2. The first kappa shape index (κ1) is 19.2. The Morgan fingerprint density at radius 2 is 2.07 bits per heavy atom. The van der Waals surface area contributed by atoms with Crippen molar-refractivity contribution in [1.82, 2.24) is 29.4 Å². The minimum atomic E-state index is -0.632. The maximum atomic E-state index is 13.4. The highest BCUT2D eigenvalue weighted by atomic mass is 19.1. The Morgan fingerprint density at radius 1 is 1.23 bits per heavy atom. The molecule has 4 rings (SSSR count). The van der Waals surface area contributed by atoms with Gasteiger partial charge in [0.1, 0.15) is 17.0 Å². The molecular formula is C19H16FN7O3. The summed E-state index contributed by atoms with van der Waals surface area (Å²) in [5.74, 6) is -1.55. The second-order valence-corrected chi connectivity index (χ2v) is 6.20. The van der Waals surface area contributed by atoms with E-state index in [1.54, 1.807) is 38.4 Å². The molecule has 4 aromatic heterocycles. The van der Waals surface area contributed by atoms with Gasteiger partial charge in [-0.25, -0.2) is 19.3 Å². The largest absolute Gasteiger partial charge is 0.462 e. The van der Waals surface area contributed by atoms with Gasteiger partial charge in [0.2, 0.25) is 11.8 Å². The number of nitrogens with one attached hydrogen (secondary N) is 1. The summed E-state index contributed by atoms with van der Waals surface area (Å²) in [7, 11) is 1.55. The van der Waals surface area contributed by atoms with E-state index in [2.05, 4.69) is 25.5 Å². The Balaban J connectivity index is 1.61. The number of fused-ring (bicyclic) bond motifs is 1. The summed E-state index contributed by atoms with van der Waals surface area (Å²) in [4.78, 5) is 32.9. The smallest absolute Gasteiger partial charge is 0.342 e. The van der Waals surface area contributed by atoms with E-state index in [1.165, 1.54) is 27.5 Å². The van der Waals surface area contributed by atoms with Gasteiger partial charge in [-0.1, -0.05) is 6.07 Å². The first-order chi connectivity index (χ1) is 14.5. The predicted octanol–water partition coefficient (Wildman–Crippen LogP) is 2.09. The number of carbonyl (C=O) groups is 2. The van der Waals surface area contributed by atoms with E-state index in [9.17, 15) is 14.0 Å². The van der Waals surface area contributed by atoms with Crippen LogP contribution in [-0.2, 0) is 11.8 Å². The molecule has 0 bridgehead atoms. The van der Waals surface area contributed by atoms with Crippen LogP contribution in [0.15, 0.2) is 42.7 Å². The lowest BCUT2D eigenvalue weighted by Gasteiger charge is -2.07. The summed E-state index contributed by atoms with van der Waals surface area (Å²) < 4.78 is 21.1. The van der Waals surface area contributed by atoms with Crippen LogP contribution in [0.5, 0.6) is 0 Å². The molecule has 0 aromatic carbocycles. The van der Waals surface area contributed by atoms with Crippen molar-refractivity contribution < 1.29 is 18.7 Å². The molecule has 10 nitrogen and oxygen atoms in total. The number of esters is 1. The minimum absolute atomic E-state index is 0.0689. The number of nitrogens with zero attached hydrogens (tertiary/aromatic N) is 6. The maximum absolute atomic E-state index is 13.4. The normalized spacial score (nSPS) is 10.9. The second kappa shape index (κ2) is 7.70. The van der Waals surface area contributed by atoms with Crippen LogP contribution in [-0.4, -0.2) is 47.8 Å². The molecule has 0 fully saturated rings. The molecule has 0 aliphatic rings. The summed E-state index contributed by atoms with van der Waals surface area (Å²) in [6.07, 6.45) is 2.88. The molecule has 4 heterocycles. The number of aromatic nitrogens is 6. The summed E-state index contributed by atoms with van der Waals surface area (Å²) in [5.41, 5.74) is 1.27. The number of aryl methyl sites for hydroxylation is 1. The van der Waals surface area contributed by atoms with Gasteiger partial charge in [0.15, 0.2) is 5.65 Å². The van der Waals surface area contributed by atoms with Gasteiger partial charge in [0, 0.05) is 25.0 Å². The van der Waals surface area contributed by atoms with Crippen LogP contribution in [0.25, 0.3) is 17.2 Å². The monoisotopic (exact) mass is 409 g/mol. The van der Waals surface area contributed by atoms with Crippen molar-refractivity contribution in [3.63, 3.8) is 0 Å². The van der Waals surface area contributed by atoms with Crippen molar-refractivity contribution in [2.45, 2.75) is 6.92 Å². The van der Waals surface area contributed by atoms with Gasteiger partial charge >= 0.3 is 5.97 Å². The van der Waals surface area contributed by atoms with Gasteiger partial charge in [-0.2, -0.15) is 9.49 Å². The lowest BCUT2D eigenvalue weighted by molar-refractivity contribution is 0.0523. The van der Waals surface area contributed by atoms with E-state index in [0.29, 0.717) is 17.0 Å². The zero-order valence-electron chi connectivity index (χ0n) is 16.0. The molecule has 0 aliphatic heterocycles. The fourth-order valence-corrected chi connectivity index (χ4v) is 2.86. The molecule has 0 unspecified atom stereocenters. The Morgan fingerprint density at radius 3 is 2.83 bits per heavy atom. The number of amides is 1. The molecule has 152 valence electrons. The van der Waals surface area contributed by atoms with Crippen LogP contribution in [0.2, 0.25) is 0 Å². The zero-order valence-corrected chi connectivity index (χ0v) is 16.0. The van der Waals surface area contributed by atoms with Gasteiger partial charge in [0.05, 0.1) is 12.8 Å². The van der Waals surface area contributed by atoms with Crippen LogP contribution in [0, 0.1) is 5.95 Å². The van der Waals surface area contributed by atoms with E-state index < -0.39 is 17.8 Å². The van der Waals surface area contributed by atoms with Crippen molar-refractivity contribution in [3.8, 4) is 11.5 Å². The molecule has 1 amide bonds. The number of rotatable bonds is 5. The Labute approximate surface area is 169 Å². The minimum Gasteiger partial charge on any atom is -0.462 e. The molecule has 0 saturated heterocycles. The molecule has 0 aliphatic carbocycles. The third-order valence-electron chi connectivity index (χ3n) is 4.19. The lowest BCUT2D eigenvalue weighted by Crippen LogP contribution is -2.20. The highest BCUT2D eigenvalue weighted by molar-refractivity contribution is 6.10. The highest BCUT2D eigenvalue weighted by Crippen LogP contribution is 2.18. The van der Waals surface area contributed by atoms with E-state index in [-0.39, 0.29) is 23.7 Å². The van der Waals surface area contributed by atoms with Crippen molar-refractivity contribution in [3.05, 3.63) is 59.9 Å². The molecule has 1 N–H and O–H groups in total. The van der Waals surface area contributed by atoms with Crippen LogP contribution >= 0.6 is 0 Å².